The van der Waals surface area contributed by atoms with Gasteiger partial charge in [0.2, 0.25) is 10.0 Å². The number of nitrogens with zero attached hydrogens (tertiary/aromatic N) is 3. The zero-order valence-corrected chi connectivity index (χ0v) is 20.3. The molecule has 0 saturated carbocycles. The number of piperazine rings is 1. The molecule has 1 aromatic heterocycles. The van der Waals surface area contributed by atoms with E-state index in [0.717, 1.165) is 27.5 Å². The van der Waals surface area contributed by atoms with Crippen LogP contribution >= 0.6 is 22.9 Å². The van der Waals surface area contributed by atoms with Crippen LogP contribution < -0.4 is 4.90 Å². The second-order valence-corrected chi connectivity index (χ2v) is 11.4. The van der Waals surface area contributed by atoms with Crippen molar-refractivity contribution in [1.29, 1.82) is 0 Å². The molecule has 3 aromatic rings. The van der Waals surface area contributed by atoms with Gasteiger partial charge in [0.25, 0.3) is 0 Å². The van der Waals surface area contributed by atoms with E-state index in [9.17, 15) is 8.42 Å². The highest BCUT2D eigenvalue weighted by Crippen LogP contribution is 2.32. The largest absolute Gasteiger partial charge is 0.369 e. The summed E-state index contributed by atoms with van der Waals surface area (Å²) < 4.78 is 28.9. The molecule has 164 valence electrons. The van der Waals surface area contributed by atoms with Crippen LogP contribution in [-0.2, 0) is 10.0 Å². The first-order valence-electron chi connectivity index (χ1n) is 10.3. The van der Waals surface area contributed by atoms with Crippen LogP contribution in [0.25, 0.3) is 11.3 Å². The number of halogens is 1. The first kappa shape index (κ1) is 22.3. The van der Waals surface area contributed by atoms with E-state index in [0.29, 0.717) is 36.1 Å². The lowest BCUT2D eigenvalue weighted by atomic mass is 10.0. The summed E-state index contributed by atoms with van der Waals surface area (Å²) in [6.45, 7) is 8.13. The van der Waals surface area contributed by atoms with Gasteiger partial charge in [-0.1, -0.05) is 43.6 Å². The molecule has 0 aliphatic carbocycles. The third-order valence-corrected chi connectivity index (χ3v) is 8.54. The molecule has 0 radical (unpaired) electrons. The lowest BCUT2D eigenvalue weighted by molar-refractivity contribution is 0.384. The predicted octanol–water partition coefficient (Wildman–Crippen LogP) is 5.41. The van der Waals surface area contributed by atoms with Crippen LogP contribution in [0.15, 0.2) is 52.7 Å². The van der Waals surface area contributed by atoms with Crippen LogP contribution in [0, 0.1) is 6.92 Å². The summed E-state index contributed by atoms with van der Waals surface area (Å²) in [6.07, 6.45) is 0. The van der Waals surface area contributed by atoms with E-state index < -0.39 is 10.0 Å². The minimum Gasteiger partial charge on any atom is -0.369 e. The fourth-order valence-corrected chi connectivity index (χ4v) is 6.49. The van der Waals surface area contributed by atoms with Gasteiger partial charge < -0.3 is 4.90 Å². The molecule has 1 aliphatic heterocycles. The summed E-state index contributed by atoms with van der Waals surface area (Å²) in [5.41, 5.74) is 3.52. The Kier molecular flexibility index (Phi) is 6.40. The molecule has 0 bridgehead atoms. The third-order valence-electron chi connectivity index (χ3n) is 5.58. The Bertz CT molecular complexity index is 1180. The van der Waals surface area contributed by atoms with Crippen molar-refractivity contribution < 1.29 is 8.42 Å². The Balaban J connectivity index is 1.62. The highest BCUT2D eigenvalue weighted by atomic mass is 35.5. The molecule has 0 unspecified atom stereocenters. The summed E-state index contributed by atoms with van der Waals surface area (Å²) >= 11 is 7.69. The second kappa shape index (κ2) is 8.90. The predicted molar refractivity (Wildman–Crippen MR) is 129 cm³/mol. The molecule has 0 amide bonds. The van der Waals surface area contributed by atoms with Crippen LogP contribution in [0.1, 0.15) is 30.3 Å². The van der Waals surface area contributed by atoms with E-state index in [1.54, 1.807) is 21.7 Å². The average molecular weight is 476 g/mol. The lowest BCUT2D eigenvalue weighted by Crippen LogP contribution is -2.48. The molecule has 2 aromatic carbocycles. The van der Waals surface area contributed by atoms with Crippen molar-refractivity contribution in [3.05, 3.63) is 63.4 Å². The van der Waals surface area contributed by atoms with Gasteiger partial charge in [-0.05, 0) is 42.7 Å². The van der Waals surface area contributed by atoms with E-state index in [2.05, 4.69) is 9.88 Å². The van der Waals surface area contributed by atoms with Crippen molar-refractivity contribution in [1.82, 2.24) is 9.29 Å². The van der Waals surface area contributed by atoms with Gasteiger partial charge in [0.1, 0.15) is 0 Å². The first-order chi connectivity index (χ1) is 14.8. The fourth-order valence-electron chi connectivity index (χ4n) is 3.89. The van der Waals surface area contributed by atoms with Gasteiger partial charge >= 0.3 is 0 Å². The number of thiazole rings is 1. The minimum atomic E-state index is -3.62. The summed E-state index contributed by atoms with van der Waals surface area (Å²) in [7, 11) is -3.62. The number of aryl methyl sites for hydroxylation is 1. The molecular formula is C23H26ClN3O2S2. The highest BCUT2D eigenvalue weighted by Gasteiger charge is 2.31. The van der Waals surface area contributed by atoms with Crippen LogP contribution in [0.2, 0.25) is 5.02 Å². The van der Waals surface area contributed by atoms with Crippen molar-refractivity contribution in [2.45, 2.75) is 31.6 Å². The average Bonchev–Trinajstić information content (AvgIpc) is 3.19. The van der Waals surface area contributed by atoms with E-state index in [1.165, 1.54) is 0 Å². The summed E-state index contributed by atoms with van der Waals surface area (Å²) in [6, 6.07) is 13.4. The Morgan fingerprint density at radius 1 is 1.06 bits per heavy atom. The van der Waals surface area contributed by atoms with Gasteiger partial charge in [0, 0.05) is 47.8 Å². The van der Waals surface area contributed by atoms with Gasteiger partial charge in [-0.25, -0.2) is 13.4 Å². The van der Waals surface area contributed by atoms with E-state index in [-0.39, 0.29) is 5.92 Å². The second-order valence-electron chi connectivity index (χ2n) is 8.03. The summed E-state index contributed by atoms with van der Waals surface area (Å²) in [4.78, 5) is 7.10. The van der Waals surface area contributed by atoms with Gasteiger partial charge in [0.15, 0.2) is 0 Å². The van der Waals surface area contributed by atoms with E-state index in [4.69, 9.17) is 11.6 Å². The summed E-state index contributed by atoms with van der Waals surface area (Å²) in [5, 5.41) is 3.62. The van der Waals surface area contributed by atoms with Crippen LogP contribution in [0.3, 0.4) is 0 Å². The maximum absolute atomic E-state index is 13.7. The molecule has 31 heavy (non-hydrogen) atoms. The Hall–Kier alpha value is -1.93. The Morgan fingerprint density at radius 3 is 2.42 bits per heavy atom. The van der Waals surface area contributed by atoms with Gasteiger partial charge in [-0.3, -0.25) is 0 Å². The van der Waals surface area contributed by atoms with Crippen LogP contribution in [-0.4, -0.2) is 43.9 Å². The molecule has 1 fully saturated rings. The topological polar surface area (TPSA) is 53.5 Å². The molecular weight excluding hydrogens is 450 g/mol. The Labute approximate surface area is 193 Å². The Morgan fingerprint density at radius 2 is 1.81 bits per heavy atom. The molecule has 8 heteroatoms. The maximum Gasteiger partial charge on any atom is 0.243 e. The van der Waals surface area contributed by atoms with Gasteiger partial charge in [0.05, 0.1) is 15.6 Å². The van der Waals surface area contributed by atoms with Gasteiger partial charge in [-0.15, -0.1) is 11.3 Å². The number of aromatic nitrogens is 1. The van der Waals surface area contributed by atoms with Crippen LogP contribution in [0.5, 0.6) is 0 Å². The van der Waals surface area contributed by atoms with Crippen molar-refractivity contribution in [2.24, 2.45) is 0 Å². The molecule has 1 saturated heterocycles. The number of hydrogen-bond acceptors (Lipinski definition) is 5. The first-order valence-corrected chi connectivity index (χ1v) is 13.0. The smallest absolute Gasteiger partial charge is 0.243 e. The summed E-state index contributed by atoms with van der Waals surface area (Å²) in [5.74, 6) is 0.101. The molecule has 4 rings (SSSR count). The van der Waals surface area contributed by atoms with Crippen molar-refractivity contribution in [3.63, 3.8) is 0 Å². The standard InChI is InChI=1S/C23H26ClN3O2S2/c1-16(2)21-8-7-18(22-15-30-17(3)25-22)13-23(21)31(28,29)27-11-9-26(10-12-27)20-6-4-5-19(24)14-20/h4-8,13-16H,9-12H2,1-3H3. The fraction of sp³-hybridized carbons (Fsp3) is 0.348. The molecule has 2 heterocycles. The number of rotatable bonds is 5. The van der Waals surface area contributed by atoms with E-state index in [1.807, 2.05) is 62.5 Å². The number of benzene rings is 2. The molecule has 5 nitrogen and oxygen atoms in total. The minimum absolute atomic E-state index is 0.101. The van der Waals surface area contributed by atoms with Crippen molar-refractivity contribution >= 4 is 38.6 Å². The maximum atomic E-state index is 13.7. The van der Waals surface area contributed by atoms with Gasteiger partial charge in [-0.2, -0.15) is 4.31 Å². The molecule has 0 spiro atoms. The zero-order valence-electron chi connectivity index (χ0n) is 17.9. The van der Waals surface area contributed by atoms with E-state index >= 15 is 0 Å². The SMILES string of the molecule is Cc1nc(-c2ccc(C(C)C)c(S(=O)(=O)N3CCN(c4cccc(Cl)c4)CC3)c2)cs1. The number of hydrogen-bond donors (Lipinski definition) is 0. The normalized spacial score (nSPS) is 15.6. The zero-order chi connectivity index (χ0) is 22.2. The molecule has 0 N–H and O–H groups in total. The lowest BCUT2D eigenvalue weighted by Gasteiger charge is -2.36. The van der Waals surface area contributed by atoms with Crippen molar-refractivity contribution in [3.8, 4) is 11.3 Å². The number of sulfonamides is 1. The highest BCUT2D eigenvalue weighted by molar-refractivity contribution is 7.89. The molecule has 1 aliphatic rings. The van der Waals surface area contributed by atoms with Crippen LogP contribution in [0.4, 0.5) is 5.69 Å². The third kappa shape index (κ3) is 4.65. The quantitative estimate of drug-likeness (QED) is 0.495. The van der Waals surface area contributed by atoms with Crippen molar-refractivity contribution in [2.75, 3.05) is 31.1 Å². The number of anilines is 1. The molecule has 0 atom stereocenters. The monoisotopic (exact) mass is 475 g/mol.